The minimum absolute atomic E-state index is 0.188. The van der Waals surface area contributed by atoms with E-state index in [2.05, 4.69) is 22.7 Å². The predicted molar refractivity (Wildman–Crippen MR) is 84.7 cm³/mol. The van der Waals surface area contributed by atoms with Crippen molar-refractivity contribution in [2.75, 3.05) is 0 Å². The van der Waals surface area contributed by atoms with Crippen molar-refractivity contribution in [3.05, 3.63) is 70.3 Å². The summed E-state index contributed by atoms with van der Waals surface area (Å²) in [6.45, 7) is 1.99. The Morgan fingerprint density at radius 3 is 2.67 bits per heavy atom. The summed E-state index contributed by atoms with van der Waals surface area (Å²) in [6, 6.07) is 13.8. The molecule has 1 aliphatic carbocycles. The van der Waals surface area contributed by atoms with E-state index >= 15 is 0 Å². The minimum Gasteiger partial charge on any atom is -0.267 e. The first-order valence-electron chi connectivity index (χ1n) is 7.24. The smallest absolute Gasteiger partial charge is 0.267 e. The van der Waals surface area contributed by atoms with Crippen LogP contribution in [0.25, 0.3) is 0 Å². The van der Waals surface area contributed by atoms with Crippen molar-refractivity contribution in [1.82, 2.24) is 5.43 Å². The summed E-state index contributed by atoms with van der Waals surface area (Å²) in [7, 11) is 0. The highest BCUT2D eigenvalue weighted by Crippen LogP contribution is 2.22. The molecule has 0 heterocycles. The van der Waals surface area contributed by atoms with E-state index in [4.69, 9.17) is 0 Å². The van der Waals surface area contributed by atoms with Gasteiger partial charge in [0.2, 0.25) is 0 Å². The number of hydrogen-bond acceptors (Lipinski definition) is 2. The van der Waals surface area contributed by atoms with Gasteiger partial charge in [0, 0.05) is 5.56 Å². The van der Waals surface area contributed by atoms with Crippen LogP contribution in [0.1, 0.15) is 39.0 Å². The van der Waals surface area contributed by atoms with Crippen LogP contribution in [0.3, 0.4) is 0 Å². The average Bonchev–Trinajstić information content (AvgIpc) is 2.95. The van der Waals surface area contributed by atoms with Gasteiger partial charge in [-0.3, -0.25) is 4.79 Å². The molecule has 1 aliphatic rings. The van der Waals surface area contributed by atoms with Crippen LogP contribution >= 0.6 is 0 Å². The van der Waals surface area contributed by atoms with Crippen molar-refractivity contribution in [1.29, 1.82) is 0 Å². The summed E-state index contributed by atoms with van der Waals surface area (Å²) >= 11 is 0. The molecule has 1 N–H and O–H groups in total. The third-order valence-electron chi connectivity index (χ3n) is 3.82. The van der Waals surface area contributed by atoms with Crippen LogP contribution in [0, 0.1) is 6.92 Å². The molecule has 0 saturated heterocycles. The third-order valence-corrected chi connectivity index (χ3v) is 3.82. The lowest BCUT2D eigenvalue weighted by Crippen LogP contribution is -2.17. The van der Waals surface area contributed by atoms with Gasteiger partial charge in [0.25, 0.3) is 5.91 Å². The molecule has 3 nitrogen and oxygen atoms in total. The molecule has 3 heteroatoms. The SMILES string of the molecule is Cc1ccc(C(=O)N/N=C/c2ccc3c(c2)CCC3)cc1. The van der Waals surface area contributed by atoms with Crippen molar-refractivity contribution in [3.63, 3.8) is 0 Å². The molecular weight excluding hydrogens is 260 g/mol. The first-order valence-corrected chi connectivity index (χ1v) is 7.24. The Hall–Kier alpha value is -2.42. The van der Waals surface area contributed by atoms with Gasteiger partial charge in [-0.2, -0.15) is 5.10 Å². The minimum atomic E-state index is -0.188. The summed E-state index contributed by atoms with van der Waals surface area (Å²) in [5, 5.41) is 4.04. The van der Waals surface area contributed by atoms with Gasteiger partial charge in [0.1, 0.15) is 0 Å². The standard InChI is InChI=1S/C18H18N2O/c1-13-5-8-16(9-6-13)18(21)20-19-12-14-7-10-15-3-2-4-17(15)11-14/h5-12H,2-4H2,1H3,(H,20,21)/b19-12+. The molecule has 0 atom stereocenters. The number of nitrogens with one attached hydrogen (secondary N) is 1. The Balaban J connectivity index is 1.64. The van der Waals surface area contributed by atoms with Crippen molar-refractivity contribution < 1.29 is 4.79 Å². The number of benzene rings is 2. The summed E-state index contributed by atoms with van der Waals surface area (Å²) < 4.78 is 0. The normalized spacial score (nSPS) is 13.4. The number of hydrazone groups is 1. The second kappa shape index (κ2) is 5.92. The van der Waals surface area contributed by atoms with E-state index in [1.807, 2.05) is 25.1 Å². The number of carbonyl (C=O) groups excluding carboxylic acids is 1. The summed E-state index contributed by atoms with van der Waals surface area (Å²) in [6.07, 6.45) is 5.26. The molecule has 2 aromatic carbocycles. The zero-order valence-corrected chi connectivity index (χ0v) is 12.1. The molecule has 0 aromatic heterocycles. The molecule has 0 fully saturated rings. The highest BCUT2D eigenvalue weighted by molar-refractivity contribution is 5.94. The van der Waals surface area contributed by atoms with E-state index in [-0.39, 0.29) is 5.91 Å². The highest BCUT2D eigenvalue weighted by atomic mass is 16.2. The number of amides is 1. The molecule has 21 heavy (non-hydrogen) atoms. The summed E-state index contributed by atoms with van der Waals surface area (Å²) in [5.74, 6) is -0.188. The van der Waals surface area contributed by atoms with Crippen molar-refractivity contribution in [2.24, 2.45) is 5.10 Å². The maximum atomic E-state index is 11.9. The van der Waals surface area contributed by atoms with Crippen molar-refractivity contribution >= 4 is 12.1 Å². The first-order chi connectivity index (χ1) is 10.2. The van der Waals surface area contributed by atoms with Crippen molar-refractivity contribution in [3.8, 4) is 0 Å². The number of aryl methyl sites for hydroxylation is 3. The zero-order valence-electron chi connectivity index (χ0n) is 12.1. The molecule has 3 rings (SSSR count). The molecule has 1 amide bonds. The number of fused-ring (bicyclic) bond motifs is 1. The fourth-order valence-corrected chi connectivity index (χ4v) is 2.61. The molecule has 0 unspecified atom stereocenters. The van der Waals surface area contributed by atoms with Crippen LogP contribution in [0.4, 0.5) is 0 Å². The van der Waals surface area contributed by atoms with E-state index in [1.165, 1.54) is 24.0 Å². The third kappa shape index (κ3) is 3.19. The van der Waals surface area contributed by atoms with Gasteiger partial charge < -0.3 is 0 Å². The van der Waals surface area contributed by atoms with Gasteiger partial charge in [0.05, 0.1) is 6.21 Å². The monoisotopic (exact) mass is 278 g/mol. The second-order valence-corrected chi connectivity index (χ2v) is 5.45. The van der Waals surface area contributed by atoms with Crippen molar-refractivity contribution in [2.45, 2.75) is 26.2 Å². The highest BCUT2D eigenvalue weighted by Gasteiger charge is 2.10. The number of hydrogen-bond donors (Lipinski definition) is 1. The van der Waals surface area contributed by atoms with E-state index < -0.39 is 0 Å². The lowest BCUT2D eigenvalue weighted by molar-refractivity contribution is 0.0955. The molecular formula is C18H18N2O. The lowest BCUT2D eigenvalue weighted by Gasteiger charge is -2.02. The summed E-state index contributed by atoms with van der Waals surface area (Å²) in [4.78, 5) is 11.9. The molecule has 0 bridgehead atoms. The quantitative estimate of drug-likeness (QED) is 0.679. The molecule has 2 aromatic rings. The van der Waals surface area contributed by atoms with Crippen LogP contribution < -0.4 is 5.43 Å². The fourth-order valence-electron chi connectivity index (χ4n) is 2.61. The Kier molecular flexibility index (Phi) is 3.82. The second-order valence-electron chi connectivity index (χ2n) is 5.45. The molecule has 0 radical (unpaired) electrons. The Morgan fingerprint density at radius 2 is 1.86 bits per heavy atom. The van der Waals surface area contributed by atoms with E-state index in [0.29, 0.717) is 5.56 Å². The number of carbonyl (C=O) groups is 1. The van der Waals surface area contributed by atoms with Gasteiger partial charge in [-0.1, -0.05) is 29.8 Å². The molecule has 0 spiro atoms. The van der Waals surface area contributed by atoms with Gasteiger partial charge in [-0.15, -0.1) is 0 Å². The molecule has 0 saturated carbocycles. The first kappa shape index (κ1) is 13.6. The van der Waals surface area contributed by atoms with E-state index in [9.17, 15) is 4.79 Å². The zero-order chi connectivity index (χ0) is 14.7. The van der Waals surface area contributed by atoms with Gasteiger partial charge in [-0.25, -0.2) is 5.43 Å². The van der Waals surface area contributed by atoms with Gasteiger partial charge in [0.15, 0.2) is 0 Å². The van der Waals surface area contributed by atoms with Gasteiger partial charge >= 0.3 is 0 Å². The Morgan fingerprint density at radius 1 is 1.10 bits per heavy atom. The van der Waals surface area contributed by atoms with Gasteiger partial charge in [-0.05, 0) is 61.1 Å². The fraction of sp³-hybridized carbons (Fsp3) is 0.222. The maximum absolute atomic E-state index is 11.9. The summed E-state index contributed by atoms with van der Waals surface area (Å²) in [5.41, 5.74) is 8.19. The Bertz CT molecular complexity index is 687. The van der Waals surface area contributed by atoms with E-state index in [0.717, 1.165) is 17.5 Å². The lowest BCUT2D eigenvalue weighted by atomic mass is 10.1. The Labute approximate surface area is 124 Å². The van der Waals surface area contributed by atoms with Crippen LogP contribution in [0.15, 0.2) is 47.6 Å². The topological polar surface area (TPSA) is 41.5 Å². The largest absolute Gasteiger partial charge is 0.271 e. The number of rotatable bonds is 3. The predicted octanol–water partition coefficient (Wildman–Crippen LogP) is 3.25. The average molecular weight is 278 g/mol. The maximum Gasteiger partial charge on any atom is 0.271 e. The number of nitrogens with zero attached hydrogens (tertiary/aromatic N) is 1. The van der Waals surface area contributed by atoms with Crippen LogP contribution in [0.5, 0.6) is 0 Å². The van der Waals surface area contributed by atoms with Crippen LogP contribution in [0.2, 0.25) is 0 Å². The molecule has 0 aliphatic heterocycles. The van der Waals surface area contributed by atoms with Crippen LogP contribution in [-0.4, -0.2) is 12.1 Å². The van der Waals surface area contributed by atoms with Crippen LogP contribution in [-0.2, 0) is 12.8 Å². The molecule has 106 valence electrons. The van der Waals surface area contributed by atoms with E-state index in [1.54, 1.807) is 18.3 Å².